The number of benzene rings is 1. The Morgan fingerprint density at radius 1 is 1.35 bits per heavy atom. The van der Waals surface area contributed by atoms with Crippen LogP contribution in [0.25, 0.3) is 0 Å². The first kappa shape index (κ1) is 14.6. The standard InChI is InChI=1S/C13H9Cl2FN2O2/c1-20-10-3-2-7(14)6-9(10)18-13(19)8-4-5-17-12(15)11(8)16/h2-6H,1H3,(H,18,19). The predicted molar refractivity (Wildman–Crippen MR) is 75.2 cm³/mol. The smallest absolute Gasteiger partial charge is 0.258 e. The van der Waals surface area contributed by atoms with Crippen LogP contribution in [0.1, 0.15) is 10.4 Å². The van der Waals surface area contributed by atoms with Gasteiger partial charge in [-0.25, -0.2) is 9.37 Å². The Bertz CT molecular complexity index is 665. The molecule has 0 aliphatic carbocycles. The molecule has 2 rings (SSSR count). The van der Waals surface area contributed by atoms with Crippen molar-refractivity contribution in [3.8, 4) is 5.75 Å². The van der Waals surface area contributed by atoms with Gasteiger partial charge in [-0.2, -0.15) is 0 Å². The number of rotatable bonds is 3. The van der Waals surface area contributed by atoms with Crippen molar-refractivity contribution in [1.82, 2.24) is 4.98 Å². The van der Waals surface area contributed by atoms with Crippen molar-refractivity contribution >= 4 is 34.8 Å². The van der Waals surface area contributed by atoms with Crippen LogP contribution in [0, 0.1) is 5.82 Å². The Balaban J connectivity index is 2.32. The highest BCUT2D eigenvalue weighted by Crippen LogP contribution is 2.28. The molecule has 0 bridgehead atoms. The molecule has 2 aromatic rings. The summed E-state index contributed by atoms with van der Waals surface area (Å²) in [4.78, 5) is 15.6. The summed E-state index contributed by atoms with van der Waals surface area (Å²) in [5.41, 5.74) is 0.115. The lowest BCUT2D eigenvalue weighted by Gasteiger charge is -2.11. The fraction of sp³-hybridized carbons (Fsp3) is 0.0769. The van der Waals surface area contributed by atoms with Gasteiger partial charge in [-0.15, -0.1) is 0 Å². The average molecular weight is 315 g/mol. The molecule has 1 heterocycles. The molecule has 1 amide bonds. The second-order valence-electron chi connectivity index (χ2n) is 3.76. The number of hydrogen-bond donors (Lipinski definition) is 1. The summed E-state index contributed by atoms with van der Waals surface area (Å²) in [5.74, 6) is -1.15. The zero-order valence-corrected chi connectivity index (χ0v) is 11.8. The Morgan fingerprint density at radius 3 is 2.80 bits per heavy atom. The molecule has 0 unspecified atom stereocenters. The van der Waals surface area contributed by atoms with Crippen LogP contribution in [0.5, 0.6) is 5.75 Å². The highest BCUT2D eigenvalue weighted by atomic mass is 35.5. The molecule has 0 radical (unpaired) electrons. The van der Waals surface area contributed by atoms with Crippen LogP contribution in [0.15, 0.2) is 30.5 Å². The van der Waals surface area contributed by atoms with Gasteiger partial charge in [0.15, 0.2) is 11.0 Å². The number of ether oxygens (including phenoxy) is 1. The lowest BCUT2D eigenvalue weighted by atomic mass is 10.2. The number of halogens is 3. The number of nitrogens with zero attached hydrogens (tertiary/aromatic N) is 1. The maximum Gasteiger partial charge on any atom is 0.258 e. The first-order valence-electron chi connectivity index (χ1n) is 5.48. The molecule has 1 aromatic carbocycles. The van der Waals surface area contributed by atoms with Crippen LogP contribution in [-0.4, -0.2) is 18.0 Å². The Labute approximate surface area is 124 Å². The van der Waals surface area contributed by atoms with E-state index in [4.69, 9.17) is 27.9 Å². The Hall–Kier alpha value is -1.85. The van der Waals surface area contributed by atoms with Crippen LogP contribution in [0.2, 0.25) is 10.2 Å². The Morgan fingerprint density at radius 2 is 2.10 bits per heavy atom. The van der Waals surface area contributed by atoms with Gasteiger partial charge in [0.1, 0.15) is 5.75 Å². The molecule has 20 heavy (non-hydrogen) atoms. The topological polar surface area (TPSA) is 51.2 Å². The predicted octanol–water partition coefficient (Wildman–Crippen LogP) is 3.79. The number of aromatic nitrogens is 1. The molecule has 1 aromatic heterocycles. The molecule has 104 valence electrons. The fourth-order valence-corrected chi connectivity index (χ4v) is 1.89. The van der Waals surface area contributed by atoms with Crippen molar-refractivity contribution in [2.45, 2.75) is 0 Å². The van der Waals surface area contributed by atoms with Gasteiger partial charge in [-0.05, 0) is 24.3 Å². The van der Waals surface area contributed by atoms with Crippen molar-refractivity contribution in [2.24, 2.45) is 0 Å². The van der Waals surface area contributed by atoms with Crippen molar-refractivity contribution in [2.75, 3.05) is 12.4 Å². The molecule has 0 fully saturated rings. The van der Waals surface area contributed by atoms with E-state index >= 15 is 0 Å². The number of carbonyl (C=O) groups is 1. The van der Waals surface area contributed by atoms with Gasteiger partial charge in [0.25, 0.3) is 5.91 Å². The van der Waals surface area contributed by atoms with Crippen molar-refractivity contribution in [3.63, 3.8) is 0 Å². The second-order valence-corrected chi connectivity index (χ2v) is 4.56. The van der Waals surface area contributed by atoms with E-state index in [2.05, 4.69) is 10.3 Å². The third kappa shape index (κ3) is 3.00. The number of hydrogen-bond acceptors (Lipinski definition) is 3. The molecule has 1 N–H and O–H groups in total. The molecule has 0 aliphatic heterocycles. The molecular weight excluding hydrogens is 306 g/mol. The molecular formula is C13H9Cl2FN2O2. The molecule has 7 heteroatoms. The quantitative estimate of drug-likeness (QED) is 0.877. The SMILES string of the molecule is COc1ccc(Cl)cc1NC(=O)c1ccnc(Cl)c1F. The zero-order valence-electron chi connectivity index (χ0n) is 10.3. The normalized spacial score (nSPS) is 10.2. The lowest BCUT2D eigenvalue weighted by molar-refractivity contribution is 0.102. The molecule has 0 saturated heterocycles. The third-order valence-electron chi connectivity index (χ3n) is 2.50. The van der Waals surface area contributed by atoms with Crippen LogP contribution in [-0.2, 0) is 0 Å². The van der Waals surface area contributed by atoms with E-state index in [0.717, 1.165) is 0 Å². The minimum Gasteiger partial charge on any atom is -0.495 e. The average Bonchev–Trinajstić information content (AvgIpc) is 2.42. The third-order valence-corrected chi connectivity index (χ3v) is 3.00. The number of anilines is 1. The first-order chi connectivity index (χ1) is 9.52. The molecule has 4 nitrogen and oxygen atoms in total. The van der Waals surface area contributed by atoms with Crippen LogP contribution < -0.4 is 10.1 Å². The van der Waals surface area contributed by atoms with E-state index < -0.39 is 11.7 Å². The fourth-order valence-electron chi connectivity index (χ4n) is 1.56. The maximum atomic E-state index is 13.7. The van der Waals surface area contributed by atoms with Crippen LogP contribution in [0.4, 0.5) is 10.1 Å². The maximum absolute atomic E-state index is 13.7. The summed E-state index contributed by atoms with van der Waals surface area (Å²) in [6.45, 7) is 0. The minimum absolute atomic E-state index is 0.216. The number of nitrogens with one attached hydrogen (secondary N) is 1. The summed E-state index contributed by atoms with van der Waals surface area (Å²) < 4.78 is 18.8. The highest BCUT2D eigenvalue weighted by Gasteiger charge is 2.16. The number of pyridine rings is 1. The number of amides is 1. The minimum atomic E-state index is -0.882. The van der Waals surface area contributed by atoms with Crippen molar-refractivity contribution in [3.05, 3.63) is 52.0 Å². The zero-order chi connectivity index (χ0) is 14.7. The van der Waals surface area contributed by atoms with Crippen molar-refractivity contribution < 1.29 is 13.9 Å². The summed E-state index contributed by atoms with van der Waals surface area (Å²) in [6, 6.07) is 5.93. The summed E-state index contributed by atoms with van der Waals surface area (Å²) in [6.07, 6.45) is 1.25. The van der Waals surface area contributed by atoms with Gasteiger partial charge in [0.2, 0.25) is 0 Å². The van der Waals surface area contributed by atoms with E-state index in [1.54, 1.807) is 12.1 Å². The Kier molecular flexibility index (Phi) is 4.42. The van der Waals surface area contributed by atoms with Gasteiger partial charge < -0.3 is 10.1 Å². The van der Waals surface area contributed by atoms with Crippen molar-refractivity contribution in [1.29, 1.82) is 0 Å². The number of methoxy groups -OCH3 is 1. The van der Waals surface area contributed by atoms with E-state index in [1.165, 1.54) is 25.4 Å². The monoisotopic (exact) mass is 314 g/mol. The largest absolute Gasteiger partial charge is 0.495 e. The molecule has 0 spiro atoms. The number of carbonyl (C=O) groups excluding carboxylic acids is 1. The van der Waals surface area contributed by atoms with Crippen LogP contribution >= 0.6 is 23.2 Å². The van der Waals surface area contributed by atoms with Gasteiger partial charge in [-0.3, -0.25) is 4.79 Å². The summed E-state index contributed by atoms with van der Waals surface area (Å²) in [5, 5.41) is 2.56. The molecule has 0 aliphatic rings. The second kappa shape index (κ2) is 6.07. The van der Waals surface area contributed by atoms with E-state index in [1.807, 2.05) is 0 Å². The van der Waals surface area contributed by atoms with E-state index in [0.29, 0.717) is 16.5 Å². The van der Waals surface area contributed by atoms with Gasteiger partial charge in [0, 0.05) is 11.2 Å². The van der Waals surface area contributed by atoms with Gasteiger partial charge >= 0.3 is 0 Å². The van der Waals surface area contributed by atoms with Gasteiger partial charge in [0.05, 0.1) is 18.4 Å². The first-order valence-corrected chi connectivity index (χ1v) is 6.23. The van der Waals surface area contributed by atoms with E-state index in [9.17, 15) is 9.18 Å². The van der Waals surface area contributed by atoms with Crippen LogP contribution in [0.3, 0.4) is 0 Å². The molecule has 0 atom stereocenters. The summed E-state index contributed by atoms with van der Waals surface area (Å²) in [7, 11) is 1.45. The van der Waals surface area contributed by atoms with E-state index in [-0.39, 0.29) is 10.7 Å². The highest BCUT2D eigenvalue weighted by molar-refractivity contribution is 6.31. The lowest BCUT2D eigenvalue weighted by Crippen LogP contribution is -2.15. The van der Waals surface area contributed by atoms with Gasteiger partial charge in [-0.1, -0.05) is 23.2 Å². The summed E-state index contributed by atoms with van der Waals surface area (Å²) >= 11 is 11.4. The molecule has 0 saturated carbocycles.